The molecule has 0 fully saturated rings. The zero-order chi connectivity index (χ0) is 26.0. The van der Waals surface area contributed by atoms with Gasteiger partial charge in [0, 0.05) is 0 Å². The number of amides is 1. The summed E-state index contributed by atoms with van der Waals surface area (Å²) in [6.07, 6.45) is 0. The van der Waals surface area contributed by atoms with Gasteiger partial charge in [0.25, 0.3) is 5.91 Å². The van der Waals surface area contributed by atoms with Crippen molar-refractivity contribution < 1.29 is 28.3 Å². The van der Waals surface area contributed by atoms with Gasteiger partial charge in [-0.1, -0.05) is 58.0 Å². The van der Waals surface area contributed by atoms with E-state index in [1.54, 1.807) is 13.8 Å². The van der Waals surface area contributed by atoms with Crippen molar-refractivity contribution in [1.29, 1.82) is 0 Å². The molecule has 0 aliphatic carbocycles. The number of esters is 1. The summed E-state index contributed by atoms with van der Waals surface area (Å²) in [7, 11) is 0. The third kappa shape index (κ3) is 5.74. The van der Waals surface area contributed by atoms with Crippen molar-refractivity contribution in [2.75, 3.05) is 11.9 Å². The molecule has 1 N–H and O–H groups in total. The summed E-state index contributed by atoms with van der Waals surface area (Å²) >= 11 is 31.3. The fraction of sp³-hybridized carbons (Fsp3) is 0.227. The first-order valence-electron chi connectivity index (χ1n) is 9.83. The molecular weight excluding hydrogens is 584 g/mol. The van der Waals surface area contributed by atoms with Gasteiger partial charge in [-0.3, -0.25) is 9.59 Å². The van der Waals surface area contributed by atoms with E-state index in [9.17, 15) is 14.4 Å². The van der Waals surface area contributed by atoms with Crippen LogP contribution in [0.5, 0.6) is 5.75 Å². The molecule has 0 saturated carbocycles. The van der Waals surface area contributed by atoms with E-state index < -0.39 is 11.9 Å². The van der Waals surface area contributed by atoms with Crippen LogP contribution in [0.4, 0.5) is 5.00 Å². The fourth-order valence-corrected chi connectivity index (χ4v) is 5.30. The van der Waals surface area contributed by atoms with E-state index in [1.807, 2.05) is 0 Å². The second-order valence-electron chi connectivity index (χ2n) is 6.94. The number of ketones is 1. The number of hydrogen-bond donors (Lipinski definition) is 1. The van der Waals surface area contributed by atoms with Gasteiger partial charge >= 0.3 is 5.97 Å². The summed E-state index contributed by atoms with van der Waals surface area (Å²) in [5.41, 5.74) is 0.546. The van der Waals surface area contributed by atoms with E-state index in [-0.39, 0.29) is 71.9 Å². The lowest BCUT2D eigenvalue weighted by atomic mass is 10.1. The van der Waals surface area contributed by atoms with Crippen LogP contribution in [-0.4, -0.2) is 24.3 Å². The van der Waals surface area contributed by atoms with Crippen LogP contribution < -0.4 is 10.1 Å². The van der Waals surface area contributed by atoms with Gasteiger partial charge in [0.2, 0.25) is 0 Å². The Balaban J connectivity index is 1.80. The molecular formula is C22H16Cl5NO6S. The minimum Gasteiger partial charge on any atom is -0.482 e. The Bertz CT molecular complexity index is 1300. The number of rotatable bonds is 8. The molecule has 3 aromatic rings. The number of nitrogens with one attached hydrogen (secondary N) is 1. The maximum atomic E-state index is 12.8. The molecule has 3 rings (SSSR count). The monoisotopic (exact) mass is 597 g/mol. The molecule has 13 heteroatoms. The van der Waals surface area contributed by atoms with Gasteiger partial charge in [-0.2, -0.15) is 0 Å². The lowest BCUT2D eigenvalue weighted by Crippen LogP contribution is -2.14. The average Bonchev–Trinajstić information content (AvgIpc) is 3.41. The van der Waals surface area contributed by atoms with E-state index >= 15 is 0 Å². The summed E-state index contributed by atoms with van der Waals surface area (Å²) in [4.78, 5) is 37.5. The number of carbonyl (C=O) groups excluding carboxylic acids is 3. The molecule has 186 valence electrons. The van der Waals surface area contributed by atoms with Gasteiger partial charge in [-0.15, -0.1) is 11.3 Å². The smallest absolute Gasteiger partial charge is 0.341 e. The summed E-state index contributed by atoms with van der Waals surface area (Å²) in [5, 5.41) is 2.67. The summed E-state index contributed by atoms with van der Waals surface area (Å²) in [6.45, 7) is 4.61. The lowest BCUT2D eigenvalue weighted by molar-refractivity contribution is 0.0527. The molecule has 0 unspecified atom stereocenters. The largest absolute Gasteiger partial charge is 0.482 e. The number of Topliss-reactive ketones (excluding diaryl/α,β-unsaturated/α-hetero) is 1. The average molecular weight is 600 g/mol. The second kappa shape index (κ2) is 11.4. The number of benzene rings is 1. The molecule has 7 nitrogen and oxygen atoms in total. The van der Waals surface area contributed by atoms with Crippen molar-refractivity contribution in [3.05, 3.63) is 64.8 Å². The van der Waals surface area contributed by atoms with Crippen LogP contribution in [0, 0.1) is 6.92 Å². The topological polar surface area (TPSA) is 94.8 Å². The van der Waals surface area contributed by atoms with Crippen molar-refractivity contribution in [2.45, 2.75) is 27.4 Å². The first kappa shape index (κ1) is 27.6. The van der Waals surface area contributed by atoms with Crippen LogP contribution in [-0.2, 0) is 11.3 Å². The zero-order valence-electron chi connectivity index (χ0n) is 18.3. The van der Waals surface area contributed by atoms with E-state index in [1.165, 1.54) is 19.1 Å². The lowest BCUT2D eigenvalue weighted by Gasteiger charge is -2.12. The highest BCUT2D eigenvalue weighted by Gasteiger charge is 2.26. The van der Waals surface area contributed by atoms with Gasteiger partial charge in [0.1, 0.15) is 27.4 Å². The minimum atomic E-state index is -0.647. The van der Waals surface area contributed by atoms with Crippen molar-refractivity contribution in [3.8, 4) is 5.75 Å². The van der Waals surface area contributed by atoms with E-state index in [0.717, 1.165) is 11.3 Å². The standard InChI is InChI=1S/C22H16Cl5NO6S/c1-4-32-22(31)12-8(2)19(9(3)29)35-21(12)28-20(30)11-6-5-10(34-11)7-33-18-16(26)14(24)13(23)15(25)17(18)27/h5-6H,4,7H2,1-3H3,(H,28,30). The third-order valence-electron chi connectivity index (χ3n) is 4.59. The van der Waals surface area contributed by atoms with Gasteiger partial charge in [-0.05, 0) is 38.5 Å². The molecule has 0 saturated heterocycles. The van der Waals surface area contributed by atoms with E-state index in [2.05, 4.69) is 5.32 Å². The Morgan fingerprint density at radius 1 is 1.00 bits per heavy atom. The summed E-state index contributed by atoms with van der Waals surface area (Å²) < 4.78 is 16.2. The summed E-state index contributed by atoms with van der Waals surface area (Å²) in [6, 6.07) is 2.91. The Morgan fingerprint density at radius 3 is 2.17 bits per heavy atom. The van der Waals surface area contributed by atoms with Gasteiger partial charge in [0.15, 0.2) is 17.3 Å². The number of carbonyl (C=O) groups is 3. The number of ether oxygens (including phenoxy) is 2. The number of thiophene rings is 1. The Labute approximate surface area is 229 Å². The van der Waals surface area contributed by atoms with Crippen molar-refractivity contribution >= 4 is 92.0 Å². The Kier molecular flexibility index (Phi) is 9.01. The molecule has 2 heterocycles. The quantitative estimate of drug-likeness (QED) is 0.122. The molecule has 0 aliphatic heterocycles. The minimum absolute atomic E-state index is 0.0000335. The molecule has 1 amide bonds. The van der Waals surface area contributed by atoms with Crippen molar-refractivity contribution in [1.82, 2.24) is 0 Å². The predicted octanol–water partition coefficient (Wildman–Crippen LogP) is 8.13. The molecule has 0 atom stereocenters. The van der Waals surface area contributed by atoms with E-state index in [0.29, 0.717) is 10.4 Å². The highest BCUT2D eigenvalue weighted by molar-refractivity contribution is 7.18. The van der Waals surface area contributed by atoms with Crippen molar-refractivity contribution in [2.24, 2.45) is 0 Å². The Morgan fingerprint density at radius 2 is 1.60 bits per heavy atom. The normalized spacial score (nSPS) is 10.9. The van der Waals surface area contributed by atoms with Gasteiger partial charge < -0.3 is 19.2 Å². The van der Waals surface area contributed by atoms with Crippen LogP contribution in [0.2, 0.25) is 25.1 Å². The SMILES string of the molecule is CCOC(=O)c1c(NC(=O)c2ccc(COc3c(Cl)c(Cl)c(Cl)c(Cl)c3Cl)o2)sc(C(C)=O)c1C. The number of halogens is 5. The Hall–Kier alpha value is -1.94. The van der Waals surface area contributed by atoms with Crippen LogP contribution >= 0.6 is 69.3 Å². The number of hydrogen-bond acceptors (Lipinski definition) is 7. The number of furan rings is 1. The third-order valence-corrected chi connectivity index (χ3v) is 8.14. The first-order chi connectivity index (χ1) is 16.5. The predicted molar refractivity (Wildman–Crippen MR) is 138 cm³/mol. The molecule has 2 aromatic heterocycles. The maximum Gasteiger partial charge on any atom is 0.341 e. The number of anilines is 1. The molecule has 0 aliphatic rings. The molecule has 0 spiro atoms. The van der Waals surface area contributed by atoms with Gasteiger partial charge in [-0.25, -0.2) is 4.79 Å². The highest BCUT2D eigenvalue weighted by atomic mass is 35.5. The summed E-state index contributed by atoms with van der Waals surface area (Å²) in [5.74, 6) is -1.35. The molecule has 0 bridgehead atoms. The maximum absolute atomic E-state index is 12.8. The van der Waals surface area contributed by atoms with Crippen LogP contribution in [0.1, 0.15) is 55.8 Å². The zero-order valence-corrected chi connectivity index (χ0v) is 22.9. The second-order valence-corrected chi connectivity index (χ2v) is 9.86. The first-order valence-corrected chi connectivity index (χ1v) is 12.5. The van der Waals surface area contributed by atoms with Crippen LogP contribution in [0.15, 0.2) is 16.5 Å². The van der Waals surface area contributed by atoms with Crippen LogP contribution in [0.25, 0.3) is 0 Å². The van der Waals surface area contributed by atoms with Crippen LogP contribution in [0.3, 0.4) is 0 Å². The van der Waals surface area contributed by atoms with E-state index in [4.69, 9.17) is 71.9 Å². The molecule has 1 aromatic carbocycles. The molecule has 35 heavy (non-hydrogen) atoms. The highest BCUT2D eigenvalue weighted by Crippen LogP contribution is 2.48. The van der Waals surface area contributed by atoms with Gasteiger partial charge in [0.05, 0.1) is 32.1 Å². The van der Waals surface area contributed by atoms with Crippen molar-refractivity contribution in [3.63, 3.8) is 0 Å². The molecule has 0 radical (unpaired) electrons. The fourth-order valence-electron chi connectivity index (χ4n) is 2.98.